The molecule has 1 aliphatic heterocycles. The molecule has 1 aliphatic rings. The minimum Gasteiger partial charge on any atom is -0.340 e. The molecule has 0 saturated carbocycles. The molecule has 0 bridgehead atoms. The highest BCUT2D eigenvalue weighted by Gasteiger charge is 2.41. The van der Waals surface area contributed by atoms with Crippen molar-refractivity contribution in [3.05, 3.63) is 64.9 Å². The maximum absolute atomic E-state index is 14.0. The zero-order valence-electron chi connectivity index (χ0n) is 17.1. The number of hydrogen-bond acceptors (Lipinski definition) is 4. The molecular formula is C22H22ClF2N5O. The fourth-order valence-corrected chi connectivity index (χ4v) is 4.05. The van der Waals surface area contributed by atoms with Crippen molar-refractivity contribution in [2.45, 2.75) is 25.9 Å². The number of anilines is 2. The number of halogens is 3. The Morgan fingerprint density at radius 1 is 1.19 bits per heavy atom. The molecule has 0 radical (unpaired) electrons. The Hall–Kier alpha value is -2.97. The van der Waals surface area contributed by atoms with E-state index in [9.17, 15) is 13.6 Å². The maximum atomic E-state index is 14.0. The topological polar surface area (TPSA) is 76.2 Å². The average Bonchev–Trinajstić information content (AvgIpc) is 3.10. The summed E-state index contributed by atoms with van der Waals surface area (Å²) >= 11 is 5.81. The number of rotatable bonds is 4. The minimum absolute atomic E-state index is 0.0247. The molecule has 162 valence electrons. The van der Waals surface area contributed by atoms with Crippen LogP contribution in [-0.4, -0.2) is 33.4 Å². The van der Waals surface area contributed by atoms with Gasteiger partial charge in [0.1, 0.15) is 29.0 Å². The van der Waals surface area contributed by atoms with Gasteiger partial charge in [-0.05, 0) is 56.3 Å². The predicted molar refractivity (Wildman–Crippen MR) is 116 cm³/mol. The van der Waals surface area contributed by atoms with Crippen LogP contribution in [0.1, 0.15) is 19.7 Å². The van der Waals surface area contributed by atoms with Crippen LogP contribution in [0, 0.1) is 11.6 Å². The SMILES string of the molecule is CC1(C)c2nc(-c3ccc(F)cc3)c(Nc3ccc(Cl)c(F)c3)n2CCN1C(=O)CN. The summed E-state index contributed by atoms with van der Waals surface area (Å²) in [4.78, 5) is 18.9. The van der Waals surface area contributed by atoms with Crippen LogP contribution in [-0.2, 0) is 16.9 Å². The molecule has 4 rings (SSSR count). The fourth-order valence-electron chi connectivity index (χ4n) is 3.93. The van der Waals surface area contributed by atoms with Gasteiger partial charge in [-0.3, -0.25) is 4.79 Å². The van der Waals surface area contributed by atoms with E-state index in [1.807, 2.05) is 18.4 Å². The first-order chi connectivity index (χ1) is 14.7. The standard InChI is InChI=1S/C22H22ClF2N5O/c1-22(2)21-28-19(13-3-5-14(24)6-4-13)20(27-15-7-8-16(23)17(25)11-15)29(21)9-10-30(22)18(31)12-26/h3-8,11,27H,9-10,12,26H2,1-2H3. The Kier molecular flexibility index (Phi) is 5.45. The first-order valence-electron chi connectivity index (χ1n) is 9.82. The molecule has 0 spiro atoms. The number of carbonyl (C=O) groups excluding carboxylic acids is 1. The van der Waals surface area contributed by atoms with Gasteiger partial charge in [0, 0.05) is 24.3 Å². The van der Waals surface area contributed by atoms with E-state index in [4.69, 9.17) is 22.3 Å². The highest BCUT2D eigenvalue weighted by Crippen LogP contribution is 2.39. The Bertz CT molecular complexity index is 1140. The summed E-state index contributed by atoms with van der Waals surface area (Å²) in [6.45, 7) is 4.62. The number of nitrogens with one attached hydrogen (secondary N) is 1. The number of aromatic nitrogens is 2. The molecule has 31 heavy (non-hydrogen) atoms. The van der Waals surface area contributed by atoms with Gasteiger partial charge in [-0.15, -0.1) is 0 Å². The van der Waals surface area contributed by atoms with Gasteiger partial charge in [-0.2, -0.15) is 0 Å². The average molecular weight is 446 g/mol. The highest BCUT2D eigenvalue weighted by molar-refractivity contribution is 6.30. The summed E-state index contributed by atoms with van der Waals surface area (Å²) in [6, 6.07) is 10.4. The van der Waals surface area contributed by atoms with Crippen LogP contribution in [0.5, 0.6) is 0 Å². The van der Waals surface area contributed by atoms with E-state index in [1.54, 1.807) is 23.1 Å². The van der Waals surface area contributed by atoms with Gasteiger partial charge >= 0.3 is 0 Å². The smallest absolute Gasteiger partial charge is 0.237 e. The number of imidazole rings is 1. The molecule has 1 aromatic heterocycles. The normalized spacial score (nSPS) is 15.0. The molecule has 3 N–H and O–H groups in total. The van der Waals surface area contributed by atoms with Crippen molar-refractivity contribution >= 4 is 29.0 Å². The van der Waals surface area contributed by atoms with E-state index in [-0.39, 0.29) is 23.3 Å². The monoisotopic (exact) mass is 445 g/mol. The summed E-state index contributed by atoms with van der Waals surface area (Å²) in [5, 5.41) is 3.26. The van der Waals surface area contributed by atoms with Gasteiger partial charge in [0.05, 0.1) is 17.1 Å². The number of amides is 1. The van der Waals surface area contributed by atoms with Gasteiger partial charge in [0.2, 0.25) is 5.91 Å². The zero-order valence-corrected chi connectivity index (χ0v) is 17.9. The quantitative estimate of drug-likeness (QED) is 0.629. The number of hydrogen-bond donors (Lipinski definition) is 2. The van der Waals surface area contributed by atoms with Crippen LogP contribution in [0.4, 0.5) is 20.3 Å². The van der Waals surface area contributed by atoms with Crippen LogP contribution in [0.15, 0.2) is 42.5 Å². The van der Waals surface area contributed by atoms with Crippen molar-refractivity contribution in [3.8, 4) is 11.3 Å². The van der Waals surface area contributed by atoms with Crippen molar-refractivity contribution in [1.29, 1.82) is 0 Å². The van der Waals surface area contributed by atoms with Crippen LogP contribution in [0.2, 0.25) is 5.02 Å². The second-order valence-corrected chi connectivity index (χ2v) is 8.26. The molecule has 0 aliphatic carbocycles. The molecule has 2 heterocycles. The molecule has 6 nitrogen and oxygen atoms in total. The summed E-state index contributed by atoms with van der Waals surface area (Å²) in [7, 11) is 0. The molecule has 0 saturated heterocycles. The highest BCUT2D eigenvalue weighted by atomic mass is 35.5. The third-order valence-electron chi connectivity index (χ3n) is 5.51. The minimum atomic E-state index is -0.728. The second-order valence-electron chi connectivity index (χ2n) is 7.85. The van der Waals surface area contributed by atoms with Gasteiger partial charge < -0.3 is 20.5 Å². The Labute approximate surface area is 183 Å². The van der Waals surface area contributed by atoms with Crippen molar-refractivity contribution in [2.24, 2.45) is 5.73 Å². The van der Waals surface area contributed by atoms with Crippen molar-refractivity contribution < 1.29 is 13.6 Å². The van der Waals surface area contributed by atoms with E-state index in [0.29, 0.717) is 41.7 Å². The molecule has 0 atom stereocenters. The lowest BCUT2D eigenvalue weighted by Gasteiger charge is -2.42. The first-order valence-corrected chi connectivity index (χ1v) is 10.2. The van der Waals surface area contributed by atoms with Gasteiger partial charge in [0.15, 0.2) is 0 Å². The molecule has 3 aromatic rings. The fraction of sp³-hybridized carbons (Fsp3) is 0.273. The summed E-state index contributed by atoms with van der Waals surface area (Å²) in [5.41, 5.74) is 6.62. The van der Waals surface area contributed by atoms with E-state index in [2.05, 4.69) is 5.32 Å². The van der Waals surface area contributed by atoms with Crippen LogP contribution < -0.4 is 11.1 Å². The van der Waals surface area contributed by atoms with Gasteiger partial charge in [-0.1, -0.05) is 11.6 Å². The van der Waals surface area contributed by atoms with E-state index >= 15 is 0 Å². The Balaban J connectivity index is 1.86. The zero-order chi connectivity index (χ0) is 22.3. The Morgan fingerprint density at radius 3 is 2.55 bits per heavy atom. The van der Waals surface area contributed by atoms with E-state index < -0.39 is 11.4 Å². The number of carbonyl (C=O) groups is 1. The third kappa shape index (κ3) is 3.77. The lowest BCUT2D eigenvalue weighted by molar-refractivity contribution is -0.137. The molecule has 9 heteroatoms. The van der Waals surface area contributed by atoms with Crippen molar-refractivity contribution in [2.75, 3.05) is 18.4 Å². The number of fused-ring (bicyclic) bond motifs is 1. The van der Waals surface area contributed by atoms with Crippen LogP contribution >= 0.6 is 11.6 Å². The third-order valence-corrected chi connectivity index (χ3v) is 5.82. The summed E-state index contributed by atoms with van der Waals surface area (Å²) in [5.74, 6) is 0.195. The number of benzene rings is 2. The lowest BCUT2D eigenvalue weighted by Crippen LogP contribution is -2.53. The van der Waals surface area contributed by atoms with Crippen molar-refractivity contribution in [3.63, 3.8) is 0 Å². The predicted octanol–water partition coefficient (Wildman–Crippen LogP) is 4.26. The molecule has 1 amide bonds. The van der Waals surface area contributed by atoms with E-state index in [0.717, 1.165) is 0 Å². The summed E-state index contributed by atoms with van der Waals surface area (Å²) in [6.07, 6.45) is 0. The Morgan fingerprint density at radius 2 is 1.90 bits per heavy atom. The van der Waals surface area contributed by atoms with Gasteiger partial charge in [-0.25, -0.2) is 13.8 Å². The van der Waals surface area contributed by atoms with Gasteiger partial charge in [0.25, 0.3) is 0 Å². The number of nitrogens with two attached hydrogens (primary N) is 1. The first kappa shape index (κ1) is 21.3. The van der Waals surface area contributed by atoms with Crippen LogP contribution in [0.25, 0.3) is 11.3 Å². The molecule has 0 unspecified atom stereocenters. The van der Waals surface area contributed by atoms with Crippen LogP contribution in [0.3, 0.4) is 0 Å². The molecule has 2 aromatic carbocycles. The lowest BCUT2D eigenvalue weighted by atomic mass is 9.99. The molecular weight excluding hydrogens is 424 g/mol. The maximum Gasteiger partial charge on any atom is 0.237 e. The van der Waals surface area contributed by atoms with E-state index in [1.165, 1.54) is 24.3 Å². The van der Waals surface area contributed by atoms with Crippen molar-refractivity contribution in [1.82, 2.24) is 14.5 Å². The number of nitrogens with zero attached hydrogens (tertiary/aromatic N) is 3. The summed E-state index contributed by atoms with van der Waals surface area (Å²) < 4.78 is 29.5. The molecule has 0 fully saturated rings. The largest absolute Gasteiger partial charge is 0.340 e. The second kappa shape index (κ2) is 7.94.